The molecule has 1 amide bonds. The monoisotopic (exact) mass is 284 g/mol. The minimum Gasteiger partial charge on any atom is -0.504 e. The molecule has 0 atom stereocenters. The standard InChI is InChI=1S/C16H16N2O3/c17-15(20)11-9-10-5-1-2-6-12(10)18-16(11)21-14-8-4-3-7-13(14)19/h3-4,7-9,19H,1-2,5-6H2,(H2,17,20). The van der Waals surface area contributed by atoms with Crippen molar-refractivity contribution in [3.63, 3.8) is 0 Å². The van der Waals surface area contributed by atoms with Crippen LogP contribution in [0.25, 0.3) is 0 Å². The van der Waals surface area contributed by atoms with E-state index in [-0.39, 0.29) is 22.9 Å². The topological polar surface area (TPSA) is 85.4 Å². The number of benzene rings is 1. The van der Waals surface area contributed by atoms with Gasteiger partial charge in [-0.25, -0.2) is 4.98 Å². The maximum Gasteiger partial charge on any atom is 0.254 e. The van der Waals surface area contributed by atoms with Gasteiger partial charge in [-0.05, 0) is 49.4 Å². The predicted molar refractivity (Wildman–Crippen MR) is 77.6 cm³/mol. The molecule has 21 heavy (non-hydrogen) atoms. The number of ether oxygens (including phenoxy) is 1. The van der Waals surface area contributed by atoms with E-state index in [4.69, 9.17) is 10.5 Å². The number of hydrogen-bond donors (Lipinski definition) is 2. The van der Waals surface area contributed by atoms with Crippen LogP contribution in [0.2, 0.25) is 0 Å². The molecular weight excluding hydrogens is 268 g/mol. The Morgan fingerprint density at radius 3 is 2.76 bits per heavy atom. The van der Waals surface area contributed by atoms with E-state index in [0.29, 0.717) is 0 Å². The van der Waals surface area contributed by atoms with Crippen LogP contribution in [0.3, 0.4) is 0 Å². The first-order chi connectivity index (χ1) is 10.1. The van der Waals surface area contributed by atoms with E-state index in [9.17, 15) is 9.90 Å². The fraction of sp³-hybridized carbons (Fsp3) is 0.250. The highest BCUT2D eigenvalue weighted by molar-refractivity contribution is 5.95. The highest BCUT2D eigenvalue weighted by Crippen LogP contribution is 2.33. The molecule has 1 aliphatic rings. The fourth-order valence-electron chi connectivity index (χ4n) is 2.52. The lowest BCUT2D eigenvalue weighted by atomic mass is 9.95. The number of pyridine rings is 1. The van der Waals surface area contributed by atoms with Crippen molar-refractivity contribution in [2.45, 2.75) is 25.7 Å². The molecule has 1 heterocycles. The summed E-state index contributed by atoms with van der Waals surface area (Å²) in [4.78, 5) is 16.1. The van der Waals surface area contributed by atoms with Crippen LogP contribution < -0.4 is 10.5 Å². The second-order valence-electron chi connectivity index (χ2n) is 5.09. The Hall–Kier alpha value is -2.56. The Labute approximate surface area is 122 Å². The molecular formula is C16H16N2O3. The molecule has 108 valence electrons. The number of hydrogen-bond acceptors (Lipinski definition) is 4. The van der Waals surface area contributed by atoms with Crippen LogP contribution in [0.15, 0.2) is 30.3 Å². The van der Waals surface area contributed by atoms with E-state index in [1.165, 1.54) is 6.07 Å². The molecule has 0 saturated carbocycles. The van der Waals surface area contributed by atoms with Crippen molar-refractivity contribution in [2.75, 3.05) is 0 Å². The van der Waals surface area contributed by atoms with Crippen molar-refractivity contribution in [3.8, 4) is 17.4 Å². The molecule has 0 fully saturated rings. The van der Waals surface area contributed by atoms with Gasteiger partial charge in [-0.3, -0.25) is 4.79 Å². The van der Waals surface area contributed by atoms with Gasteiger partial charge in [0.25, 0.3) is 5.91 Å². The molecule has 1 aromatic heterocycles. The number of aromatic nitrogens is 1. The van der Waals surface area contributed by atoms with Crippen LogP contribution in [0.5, 0.6) is 17.4 Å². The number of rotatable bonds is 3. The van der Waals surface area contributed by atoms with Crippen LogP contribution in [0.4, 0.5) is 0 Å². The smallest absolute Gasteiger partial charge is 0.254 e. The third kappa shape index (κ3) is 2.67. The van der Waals surface area contributed by atoms with Crippen molar-refractivity contribution >= 4 is 5.91 Å². The first-order valence-electron chi connectivity index (χ1n) is 6.93. The molecule has 0 spiro atoms. The molecule has 0 saturated heterocycles. The zero-order valence-electron chi connectivity index (χ0n) is 11.5. The molecule has 0 radical (unpaired) electrons. The number of fused-ring (bicyclic) bond motifs is 1. The Morgan fingerprint density at radius 2 is 2.00 bits per heavy atom. The number of phenols is 1. The zero-order chi connectivity index (χ0) is 14.8. The molecule has 1 aliphatic carbocycles. The van der Waals surface area contributed by atoms with E-state index in [1.54, 1.807) is 24.3 Å². The van der Waals surface area contributed by atoms with Crippen molar-refractivity contribution in [2.24, 2.45) is 5.73 Å². The van der Waals surface area contributed by atoms with E-state index in [1.807, 2.05) is 0 Å². The van der Waals surface area contributed by atoms with Crippen molar-refractivity contribution in [1.82, 2.24) is 4.98 Å². The molecule has 5 nitrogen and oxygen atoms in total. The Bertz CT molecular complexity index is 698. The molecule has 2 aromatic rings. The lowest BCUT2D eigenvalue weighted by Gasteiger charge is -2.18. The van der Waals surface area contributed by atoms with Gasteiger partial charge in [0.2, 0.25) is 5.88 Å². The zero-order valence-corrected chi connectivity index (χ0v) is 11.5. The van der Waals surface area contributed by atoms with Gasteiger partial charge in [0, 0.05) is 5.69 Å². The first-order valence-corrected chi connectivity index (χ1v) is 6.93. The van der Waals surface area contributed by atoms with E-state index < -0.39 is 5.91 Å². The lowest BCUT2D eigenvalue weighted by Crippen LogP contribution is -2.16. The quantitative estimate of drug-likeness (QED) is 0.907. The number of para-hydroxylation sites is 2. The van der Waals surface area contributed by atoms with E-state index in [0.717, 1.165) is 36.9 Å². The summed E-state index contributed by atoms with van der Waals surface area (Å²) in [5.74, 6) is -0.179. The Kier molecular flexibility index (Phi) is 3.48. The van der Waals surface area contributed by atoms with Gasteiger partial charge < -0.3 is 15.6 Å². The highest BCUT2D eigenvalue weighted by Gasteiger charge is 2.20. The van der Waals surface area contributed by atoms with Gasteiger partial charge in [0.15, 0.2) is 11.5 Å². The average Bonchev–Trinajstić information content (AvgIpc) is 2.48. The lowest BCUT2D eigenvalue weighted by molar-refractivity contribution is 0.0997. The number of primary amides is 1. The number of nitrogens with zero attached hydrogens (tertiary/aromatic N) is 1. The first kappa shape index (κ1) is 13.4. The third-order valence-electron chi connectivity index (χ3n) is 3.60. The van der Waals surface area contributed by atoms with Crippen molar-refractivity contribution in [3.05, 3.63) is 47.2 Å². The third-order valence-corrected chi connectivity index (χ3v) is 3.60. The minimum absolute atomic E-state index is 0.00700. The second kappa shape index (κ2) is 5.44. The van der Waals surface area contributed by atoms with Crippen molar-refractivity contribution < 1.29 is 14.6 Å². The number of nitrogens with two attached hydrogens (primary N) is 1. The highest BCUT2D eigenvalue weighted by atomic mass is 16.5. The summed E-state index contributed by atoms with van der Waals surface area (Å²) in [6.07, 6.45) is 3.93. The van der Waals surface area contributed by atoms with Gasteiger partial charge in [-0.2, -0.15) is 0 Å². The van der Waals surface area contributed by atoms with Gasteiger partial charge >= 0.3 is 0 Å². The van der Waals surface area contributed by atoms with Crippen LogP contribution >= 0.6 is 0 Å². The maximum absolute atomic E-state index is 11.6. The summed E-state index contributed by atoms with van der Waals surface area (Å²) < 4.78 is 5.61. The number of amides is 1. The summed E-state index contributed by atoms with van der Waals surface area (Å²) >= 11 is 0. The summed E-state index contributed by atoms with van der Waals surface area (Å²) in [5, 5.41) is 9.77. The predicted octanol–water partition coefficient (Wildman–Crippen LogP) is 2.56. The van der Waals surface area contributed by atoms with Gasteiger partial charge in [-0.1, -0.05) is 12.1 Å². The molecule has 5 heteroatoms. The Morgan fingerprint density at radius 1 is 1.24 bits per heavy atom. The Balaban J connectivity index is 2.04. The summed E-state index contributed by atoms with van der Waals surface area (Å²) in [5.41, 5.74) is 7.66. The van der Waals surface area contributed by atoms with E-state index >= 15 is 0 Å². The van der Waals surface area contributed by atoms with Crippen molar-refractivity contribution in [1.29, 1.82) is 0 Å². The fourth-order valence-corrected chi connectivity index (χ4v) is 2.52. The van der Waals surface area contributed by atoms with Crippen LogP contribution in [0, 0.1) is 0 Å². The van der Waals surface area contributed by atoms with Crippen LogP contribution in [-0.4, -0.2) is 16.0 Å². The molecule has 3 N–H and O–H groups in total. The minimum atomic E-state index is -0.582. The van der Waals surface area contributed by atoms with E-state index in [2.05, 4.69) is 4.98 Å². The second-order valence-corrected chi connectivity index (χ2v) is 5.09. The molecule has 0 unspecified atom stereocenters. The van der Waals surface area contributed by atoms with Gasteiger partial charge in [0.05, 0.1) is 0 Å². The summed E-state index contributed by atoms with van der Waals surface area (Å²) in [6.45, 7) is 0. The molecule has 3 rings (SSSR count). The number of phenolic OH excluding ortho intramolecular Hbond substituents is 1. The summed E-state index contributed by atoms with van der Waals surface area (Å²) in [7, 11) is 0. The number of carbonyl (C=O) groups excluding carboxylic acids is 1. The molecule has 1 aromatic carbocycles. The van der Waals surface area contributed by atoms with Gasteiger partial charge in [-0.15, -0.1) is 0 Å². The molecule has 0 aliphatic heterocycles. The average molecular weight is 284 g/mol. The number of aromatic hydroxyl groups is 1. The maximum atomic E-state index is 11.6. The molecule has 0 bridgehead atoms. The largest absolute Gasteiger partial charge is 0.504 e. The number of carbonyl (C=O) groups is 1. The number of aryl methyl sites for hydroxylation is 2. The van der Waals surface area contributed by atoms with Gasteiger partial charge in [0.1, 0.15) is 5.56 Å². The SMILES string of the molecule is NC(=O)c1cc2c(nc1Oc1ccccc1O)CCCC2. The van der Waals surface area contributed by atoms with Crippen LogP contribution in [-0.2, 0) is 12.8 Å². The van der Waals surface area contributed by atoms with Crippen LogP contribution in [0.1, 0.15) is 34.5 Å². The summed E-state index contributed by atoms with van der Waals surface area (Å²) in [6, 6.07) is 8.31. The normalized spacial score (nSPS) is 13.5.